The van der Waals surface area contributed by atoms with Crippen LogP contribution in [0.5, 0.6) is 0 Å². The average molecular weight is 972 g/mol. The fourth-order valence-corrected chi connectivity index (χ4v) is 12.0. The minimum atomic E-state index is -1.87. The van der Waals surface area contributed by atoms with E-state index in [9.17, 15) is 0 Å². The molecule has 0 aliphatic heterocycles. The van der Waals surface area contributed by atoms with E-state index in [0.717, 1.165) is 63.3 Å². The third kappa shape index (κ3) is 7.89. The maximum Gasteiger partial charge on any atom is 0.185 e. The molecule has 2 aliphatic rings. The fourth-order valence-electron chi connectivity index (χ4n) is 8.65. The first-order chi connectivity index (χ1) is 26.9. The predicted molar refractivity (Wildman–Crippen MR) is 228 cm³/mol. The number of nitrogens with zero attached hydrogens (tertiary/aromatic N) is 4. The second-order valence-electron chi connectivity index (χ2n) is 16.3. The van der Waals surface area contributed by atoms with Crippen LogP contribution in [-0.2, 0) is 39.4 Å². The van der Waals surface area contributed by atoms with Crippen LogP contribution < -0.4 is 4.40 Å². The van der Waals surface area contributed by atoms with Crippen molar-refractivity contribution in [1.29, 1.82) is 0 Å². The first-order valence-corrected chi connectivity index (χ1v) is 27.3. The van der Waals surface area contributed by atoms with Crippen LogP contribution in [0.15, 0.2) is 114 Å². The number of benzene rings is 3. The molecule has 0 N–H and O–H groups in total. The first kappa shape index (κ1) is 38.4. The Balaban J connectivity index is 0.000000168. The Morgan fingerprint density at radius 1 is 0.732 bits per heavy atom. The number of aryl methyl sites for hydroxylation is 1. The van der Waals surface area contributed by atoms with Crippen LogP contribution in [0.1, 0.15) is 55.2 Å². The van der Waals surface area contributed by atoms with Crippen molar-refractivity contribution in [3.05, 3.63) is 138 Å². The summed E-state index contributed by atoms with van der Waals surface area (Å²) in [6, 6.07) is 38.3. The molecule has 7 heteroatoms. The van der Waals surface area contributed by atoms with E-state index in [4.69, 9.17) is 19.4 Å². The van der Waals surface area contributed by atoms with E-state index in [0.29, 0.717) is 11.4 Å². The molecule has 1 saturated carbocycles. The Kier molecular flexibility index (Phi) is 11.3. The van der Waals surface area contributed by atoms with Crippen molar-refractivity contribution in [2.24, 2.45) is 5.92 Å². The van der Waals surface area contributed by atoms with E-state index >= 15 is 0 Å². The van der Waals surface area contributed by atoms with Gasteiger partial charge in [0.05, 0.1) is 5.69 Å². The molecule has 0 spiro atoms. The van der Waals surface area contributed by atoms with E-state index in [1.165, 1.54) is 66.8 Å². The average Bonchev–Trinajstić information content (AvgIpc) is 3.87. The summed E-state index contributed by atoms with van der Waals surface area (Å²) in [7, 11) is 0. The number of hydrogen-bond acceptors (Lipinski definition) is 5. The molecule has 2 aliphatic carbocycles. The Hall–Kier alpha value is -4.49. The molecule has 5 heterocycles. The summed E-state index contributed by atoms with van der Waals surface area (Å²) in [5, 5.41) is 4.15. The maximum atomic E-state index is 6.06. The smallest absolute Gasteiger partial charge is 0.185 e. The Morgan fingerprint density at radius 2 is 1.55 bits per heavy atom. The van der Waals surface area contributed by atoms with Crippen LogP contribution >= 0.6 is 0 Å². The molecule has 8 aromatic rings. The SMILES string of the molecule is [CH3][Ge]([CH3])([CH3])[c]1cnc(-c2[c-]cccc2)cc1CC1CCCC1.[Ir].[c-]1c(-c2nccc3c2CCCC3)cnc2oc3nc(-c4cccc5ccccc45)ccc3c12. The topological polar surface area (TPSA) is 64.7 Å². The van der Waals surface area contributed by atoms with Crippen LogP contribution in [0.25, 0.3) is 66.7 Å². The van der Waals surface area contributed by atoms with Gasteiger partial charge in [-0.05, 0) is 71.1 Å². The van der Waals surface area contributed by atoms with Crippen LogP contribution in [0.3, 0.4) is 0 Å². The molecule has 0 atom stereocenters. The molecule has 0 unspecified atom stereocenters. The predicted octanol–water partition coefficient (Wildman–Crippen LogP) is 11.8. The van der Waals surface area contributed by atoms with Crippen molar-refractivity contribution in [3.8, 4) is 33.8 Å². The molecule has 5 aromatic heterocycles. The number of pyridine rings is 4. The summed E-state index contributed by atoms with van der Waals surface area (Å²) >= 11 is -1.87. The molecule has 0 saturated heterocycles. The molecular formula is C49H46GeIrN4O-2. The van der Waals surface area contributed by atoms with Crippen molar-refractivity contribution < 1.29 is 24.5 Å². The maximum absolute atomic E-state index is 6.06. The van der Waals surface area contributed by atoms with Crippen molar-refractivity contribution in [1.82, 2.24) is 19.9 Å². The zero-order valence-corrected chi connectivity index (χ0v) is 36.9. The first-order valence-electron chi connectivity index (χ1n) is 19.9. The van der Waals surface area contributed by atoms with Crippen LogP contribution in [0, 0.1) is 18.1 Å². The summed E-state index contributed by atoms with van der Waals surface area (Å²) < 4.78 is 7.65. The van der Waals surface area contributed by atoms with E-state index in [1.807, 2.05) is 24.5 Å². The summed E-state index contributed by atoms with van der Waals surface area (Å²) in [5.41, 5.74) is 11.5. The third-order valence-corrected chi connectivity index (χ3v) is 15.8. The monoisotopic (exact) mass is 973 g/mol. The number of rotatable bonds is 6. The van der Waals surface area contributed by atoms with E-state index < -0.39 is 13.3 Å². The molecule has 56 heavy (non-hydrogen) atoms. The van der Waals surface area contributed by atoms with Crippen LogP contribution in [0.2, 0.25) is 17.3 Å². The summed E-state index contributed by atoms with van der Waals surface area (Å²) in [6.07, 6.45) is 17.4. The zero-order chi connectivity index (χ0) is 37.4. The molecule has 0 bridgehead atoms. The second-order valence-corrected chi connectivity index (χ2v) is 26.8. The fraction of sp³-hybridized carbons (Fsp3) is 0.265. The number of aromatic nitrogens is 4. The van der Waals surface area contributed by atoms with Gasteiger partial charge in [-0.3, -0.25) is 9.97 Å². The number of fused-ring (bicyclic) bond motifs is 5. The molecule has 0 amide bonds. The Bertz CT molecular complexity index is 2640. The Labute approximate surface area is 346 Å². The van der Waals surface area contributed by atoms with Gasteiger partial charge in [0.2, 0.25) is 0 Å². The summed E-state index contributed by atoms with van der Waals surface area (Å²) in [4.78, 5) is 18.9. The summed E-state index contributed by atoms with van der Waals surface area (Å²) in [5.74, 6) is 8.31. The van der Waals surface area contributed by atoms with E-state index in [1.54, 1.807) is 9.96 Å². The van der Waals surface area contributed by atoms with Crippen molar-refractivity contribution in [2.45, 2.75) is 75.1 Å². The van der Waals surface area contributed by atoms with Crippen LogP contribution in [-0.4, -0.2) is 33.2 Å². The molecule has 283 valence electrons. The molecule has 10 rings (SSSR count). The largest absolute Gasteiger partial charge is 0.464 e. The van der Waals surface area contributed by atoms with Gasteiger partial charge < -0.3 is 4.42 Å². The van der Waals surface area contributed by atoms with Crippen molar-refractivity contribution in [3.63, 3.8) is 0 Å². The Morgan fingerprint density at radius 3 is 2.39 bits per heavy atom. The van der Waals surface area contributed by atoms with Gasteiger partial charge in [0, 0.05) is 37.6 Å². The van der Waals surface area contributed by atoms with Gasteiger partial charge in [0.25, 0.3) is 0 Å². The number of furan rings is 1. The van der Waals surface area contributed by atoms with E-state index in [-0.39, 0.29) is 20.1 Å². The molecule has 1 radical (unpaired) electrons. The molecular weight excluding hydrogens is 925 g/mol. The van der Waals surface area contributed by atoms with Crippen molar-refractivity contribution in [2.75, 3.05) is 0 Å². The van der Waals surface area contributed by atoms with Gasteiger partial charge in [-0.1, -0.05) is 59.7 Å². The van der Waals surface area contributed by atoms with Crippen LogP contribution in [0.4, 0.5) is 0 Å². The van der Waals surface area contributed by atoms with E-state index in [2.05, 4.69) is 119 Å². The molecule has 3 aromatic carbocycles. The standard InChI is InChI=1S/C29H20N3O.C20H26GeN.Ir/c1-3-9-21-18(6-1)8-5-11-23(21)26-13-12-24-25-16-20(17-31-28(25)33-29(24)32-26)27-22-10-4-2-7-19(22)14-15-30-27;1-21(2,3)19-15-22-20(17-11-5-4-6-12-17)14-18(19)13-16-9-7-8-10-16;/h1,3,5-6,8-9,11-15,17H,2,4,7,10H2;4-6,11,14-16H,7-10,13H2,1-3H3;/q2*-1;. The van der Waals surface area contributed by atoms with Gasteiger partial charge >= 0.3 is 137 Å². The van der Waals surface area contributed by atoms with Gasteiger partial charge in [-0.15, -0.1) is 6.07 Å². The zero-order valence-electron chi connectivity index (χ0n) is 32.4. The van der Waals surface area contributed by atoms with Gasteiger partial charge in [0.1, 0.15) is 0 Å². The van der Waals surface area contributed by atoms with Gasteiger partial charge in [-0.25, -0.2) is 4.98 Å². The molecule has 1 fully saturated rings. The minimum Gasteiger partial charge on any atom is -0.464 e. The second kappa shape index (κ2) is 16.5. The van der Waals surface area contributed by atoms with Gasteiger partial charge in [0.15, 0.2) is 11.4 Å². The summed E-state index contributed by atoms with van der Waals surface area (Å²) in [6.45, 7) is 0. The normalized spacial score (nSPS) is 14.3. The number of hydrogen-bond donors (Lipinski definition) is 0. The minimum absolute atomic E-state index is 0. The third-order valence-electron chi connectivity index (χ3n) is 11.5. The molecule has 5 nitrogen and oxygen atoms in total. The quantitative estimate of drug-likeness (QED) is 0.123. The van der Waals surface area contributed by atoms with Gasteiger partial charge in [-0.2, -0.15) is 0 Å². The van der Waals surface area contributed by atoms with Crippen molar-refractivity contribution >= 4 is 50.6 Å².